The maximum Gasteiger partial charge on any atom is 0.184 e. The van der Waals surface area contributed by atoms with Crippen LogP contribution < -0.4 is 0 Å². The van der Waals surface area contributed by atoms with Crippen molar-refractivity contribution < 1.29 is 19.3 Å². The van der Waals surface area contributed by atoms with E-state index in [1.165, 1.54) is 11.8 Å². The fraction of sp³-hybridized carbons (Fsp3) is 0.333. The van der Waals surface area contributed by atoms with Gasteiger partial charge in [-0.15, -0.1) is 0 Å². The molecule has 4 heterocycles. The highest BCUT2D eigenvalue weighted by molar-refractivity contribution is 14.1. The molecule has 1 aromatic carbocycles. The molecular formula is C21H19ClIN3O4S. The molecular weight excluding hydrogens is 553 g/mol. The molecule has 6 atom stereocenters. The molecule has 1 N–H and O–H groups in total. The van der Waals surface area contributed by atoms with Gasteiger partial charge in [0, 0.05) is 29.0 Å². The van der Waals surface area contributed by atoms with Gasteiger partial charge < -0.3 is 19.3 Å². The summed E-state index contributed by atoms with van der Waals surface area (Å²) in [6.45, 7) is 0.344. The van der Waals surface area contributed by atoms with Gasteiger partial charge in [0.05, 0.1) is 11.6 Å². The molecule has 1 unspecified atom stereocenters. The number of fused-ring (bicyclic) bond motifs is 1. The van der Waals surface area contributed by atoms with E-state index in [1.807, 2.05) is 42.6 Å². The number of halogens is 2. The molecule has 162 valence electrons. The van der Waals surface area contributed by atoms with E-state index in [0.717, 1.165) is 14.2 Å². The van der Waals surface area contributed by atoms with E-state index in [4.69, 9.17) is 25.8 Å². The first-order valence-corrected chi connectivity index (χ1v) is 12.1. The molecule has 2 aliphatic rings. The van der Waals surface area contributed by atoms with Crippen LogP contribution in [0.5, 0.6) is 0 Å². The highest BCUT2D eigenvalue weighted by atomic mass is 127. The Kier molecular flexibility index (Phi) is 6.52. The van der Waals surface area contributed by atoms with Crippen LogP contribution in [0.1, 0.15) is 17.9 Å². The van der Waals surface area contributed by atoms with Crippen molar-refractivity contribution in [2.45, 2.75) is 41.0 Å². The number of aromatic nitrogens is 3. The summed E-state index contributed by atoms with van der Waals surface area (Å²) in [5, 5.41) is 16.4. The van der Waals surface area contributed by atoms with Crippen LogP contribution in [0.4, 0.5) is 0 Å². The second-order valence-electron chi connectivity index (χ2n) is 7.28. The zero-order chi connectivity index (χ0) is 21.4. The van der Waals surface area contributed by atoms with Crippen molar-refractivity contribution in [3.05, 3.63) is 75.3 Å². The highest BCUT2D eigenvalue weighted by Gasteiger charge is 2.51. The first kappa shape index (κ1) is 21.6. The number of benzene rings is 1. The third kappa shape index (κ3) is 4.63. The van der Waals surface area contributed by atoms with E-state index in [2.05, 4.69) is 32.7 Å². The number of hydrogen-bond donors (Lipinski definition) is 1. The topological polar surface area (TPSA) is 78.6 Å². The molecule has 0 saturated carbocycles. The first-order chi connectivity index (χ1) is 15.1. The van der Waals surface area contributed by atoms with Crippen LogP contribution in [0.3, 0.4) is 0 Å². The average Bonchev–Trinajstić information content (AvgIpc) is 3.20. The largest absolute Gasteiger partial charge is 0.387 e. The molecule has 0 spiro atoms. The lowest BCUT2D eigenvalue weighted by Crippen LogP contribution is -2.58. The highest BCUT2D eigenvalue weighted by Crippen LogP contribution is 2.43. The van der Waals surface area contributed by atoms with Gasteiger partial charge in [-0.2, -0.15) is 5.10 Å². The maximum atomic E-state index is 11.3. The summed E-state index contributed by atoms with van der Waals surface area (Å²) in [5.74, 6) is 0. The van der Waals surface area contributed by atoms with E-state index in [-0.39, 0.29) is 6.10 Å². The van der Waals surface area contributed by atoms with Gasteiger partial charge in [-0.1, -0.05) is 53.7 Å². The Hall–Kier alpha value is -1.21. The SMILES string of the molecule is O[C@@H]1[C@@H](n2ccc(I)n2)[C@H]2OC(c3ccccc3)OC[C@H]2O[C@@H]1Sc1cncc(Cl)c1. The molecule has 2 saturated heterocycles. The zero-order valence-electron chi connectivity index (χ0n) is 16.1. The molecule has 0 radical (unpaired) electrons. The van der Waals surface area contributed by atoms with E-state index in [1.54, 1.807) is 23.1 Å². The van der Waals surface area contributed by atoms with Gasteiger partial charge in [0.15, 0.2) is 6.29 Å². The summed E-state index contributed by atoms with van der Waals surface area (Å²) in [4.78, 5) is 4.93. The first-order valence-electron chi connectivity index (χ1n) is 9.72. The summed E-state index contributed by atoms with van der Waals surface area (Å²) in [7, 11) is 0. The van der Waals surface area contributed by atoms with Crippen LogP contribution in [-0.2, 0) is 14.2 Å². The number of hydrogen-bond acceptors (Lipinski definition) is 7. The number of pyridine rings is 1. The third-order valence-electron chi connectivity index (χ3n) is 5.22. The van der Waals surface area contributed by atoms with E-state index in [9.17, 15) is 5.11 Å². The van der Waals surface area contributed by atoms with Crippen LogP contribution in [0.25, 0.3) is 0 Å². The molecule has 7 nitrogen and oxygen atoms in total. The monoisotopic (exact) mass is 571 g/mol. The standard InChI is InChI=1S/C21H19ClIN3O4S/c22-13-8-14(10-24-9-13)31-21-18(27)17(26-7-6-16(23)25-26)19-15(29-21)11-28-20(30-19)12-4-2-1-3-5-12/h1-10,15,17-21,27H,11H2/t15-,17-,18-,19+,20?,21-/m1/s1. The van der Waals surface area contributed by atoms with Crippen molar-refractivity contribution in [2.24, 2.45) is 0 Å². The number of aliphatic hydroxyl groups is 1. The van der Waals surface area contributed by atoms with Crippen LogP contribution in [0.15, 0.2) is 66.0 Å². The Morgan fingerprint density at radius 2 is 2.00 bits per heavy atom. The van der Waals surface area contributed by atoms with Gasteiger partial charge in [-0.25, -0.2) is 0 Å². The quantitative estimate of drug-likeness (QED) is 0.473. The van der Waals surface area contributed by atoms with Crippen LogP contribution in [-0.4, -0.2) is 50.2 Å². The molecule has 10 heteroatoms. The van der Waals surface area contributed by atoms with E-state index >= 15 is 0 Å². The lowest BCUT2D eigenvalue weighted by Gasteiger charge is -2.48. The van der Waals surface area contributed by atoms with Crippen molar-refractivity contribution in [3.63, 3.8) is 0 Å². The fourth-order valence-corrected chi connectivity index (χ4v) is 5.57. The summed E-state index contributed by atoms with van der Waals surface area (Å²) in [6, 6.07) is 13.0. The second kappa shape index (κ2) is 9.34. The Bertz CT molecular complexity index is 1040. The zero-order valence-corrected chi connectivity index (χ0v) is 19.9. The van der Waals surface area contributed by atoms with Gasteiger partial charge >= 0.3 is 0 Å². The van der Waals surface area contributed by atoms with Gasteiger partial charge in [-0.3, -0.25) is 9.67 Å². The lowest BCUT2D eigenvalue weighted by atomic mass is 9.96. The summed E-state index contributed by atoms with van der Waals surface area (Å²) in [5.41, 5.74) is 0.361. The second-order valence-corrected chi connectivity index (χ2v) is 9.99. The average molecular weight is 572 g/mol. The summed E-state index contributed by atoms with van der Waals surface area (Å²) >= 11 is 9.60. The number of aliphatic hydroxyl groups excluding tert-OH is 1. The predicted octanol–water partition coefficient (Wildman–Crippen LogP) is 4.07. The smallest absolute Gasteiger partial charge is 0.184 e. The van der Waals surface area contributed by atoms with Gasteiger partial charge in [0.1, 0.15) is 33.5 Å². The lowest BCUT2D eigenvalue weighted by molar-refractivity contribution is -0.306. The predicted molar refractivity (Wildman–Crippen MR) is 124 cm³/mol. The normalized spacial score (nSPS) is 30.7. The third-order valence-corrected chi connectivity index (χ3v) is 7.12. The van der Waals surface area contributed by atoms with Crippen LogP contribution in [0, 0.1) is 3.70 Å². The van der Waals surface area contributed by atoms with Gasteiger partial charge in [0.2, 0.25) is 0 Å². The van der Waals surface area contributed by atoms with E-state index < -0.39 is 30.0 Å². The van der Waals surface area contributed by atoms with Crippen molar-refractivity contribution in [3.8, 4) is 0 Å². The van der Waals surface area contributed by atoms with E-state index in [0.29, 0.717) is 11.6 Å². The van der Waals surface area contributed by atoms with Crippen molar-refractivity contribution >= 4 is 46.0 Å². The van der Waals surface area contributed by atoms with Crippen molar-refractivity contribution in [2.75, 3.05) is 6.61 Å². The Labute approximate surface area is 202 Å². The molecule has 0 aliphatic carbocycles. The number of thioether (sulfide) groups is 1. The van der Waals surface area contributed by atoms with Gasteiger partial charge in [-0.05, 0) is 34.7 Å². The Morgan fingerprint density at radius 3 is 2.74 bits per heavy atom. The van der Waals surface area contributed by atoms with Crippen LogP contribution >= 0.6 is 46.0 Å². The fourth-order valence-electron chi connectivity index (χ4n) is 3.83. The maximum absolute atomic E-state index is 11.3. The summed E-state index contributed by atoms with van der Waals surface area (Å²) in [6.07, 6.45) is 2.92. The minimum absolute atomic E-state index is 0.344. The van der Waals surface area contributed by atoms with Crippen molar-refractivity contribution in [1.82, 2.24) is 14.8 Å². The van der Waals surface area contributed by atoms with Crippen molar-refractivity contribution in [1.29, 1.82) is 0 Å². The molecule has 3 aromatic rings. The van der Waals surface area contributed by atoms with Crippen LogP contribution in [0.2, 0.25) is 5.02 Å². The molecule has 2 fully saturated rings. The number of ether oxygens (including phenoxy) is 3. The minimum atomic E-state index is -0.879. The Morgan fingerprint density at radius 1 is 1.16 bits per heavy atom. The molecule has 31 heavy (non-hydrogen) atoms. The molecule has 0 bridgehead atoms. The molecule has 2 aliphatic heterocycles. The molecule has 2 aromatic heterocycles. The minimum Gasteiger partial charge on any atom is -0.387 e. The number of rotatable bonds is 4. The summed E-state index contributed by atoms with van der Waals surface area (Å²) < 4.78 is 21.1. The Balaban J connectivity index is 1.44. The molecule has 0 amide bonds. The van der Waals surface area contributed by atoms with Gasteiger partial charge in [0.25, 0.3) is 0 Å². The number of nitrogens with zero attached hydrogens (tertiary/aromatic N) is 3. The molecule has 5 rings (SSSR count).